The van der Waals surface area contributed by atoms with Crippen LogP contribution in [0.1, 0.15) is 31.2 Å². The third kappa shape index (κ3) is 5.37. The molecule has 2 heterocycles. The maximum Gasteiger partial charge on any atom is 0.233 e. The molecule has 0 spiro atoms. The summed E-state index contributed by atoms with van der Waals surface area (Å²) >= 11 is -1.26. The molecule has 3 rings (SSSR count). The zero-order chi connectivity index (χ0) is 16.6. The molecule has 1 unspecified atom stereocenters. The van der Waals surface area contributed by atoms with Crippen molar-refractivity contribution >= 4 is 17.4 Å². The number of hydrogen-bond acceptors (Lipinski definition) is 4. The smallest absolute Gasteiger partial charge is 0.233 e. The number of benzene rings is 1. The van der Waals surface area contributed by atoms with E-state index in [1.54, 1.807) is 10.6 Å². The van der Waals surface area contributed by atoms with Gasteiger partial charge in [0.1, 0.15) is 5.75 Å². The van der Waals surface area contributed by atoms with E-state index in [0.717, 1.165) is 25.3 Å². The van der Waals surface area contributed by atoms with Crippen LogP contribution in [-0.2, 0) is 17.7 Å². The molecule has 0 saturated carbocycles. The quantitative estimate of drug-likeness (QED) is 0.728. The maximum atomic E-state index is 11.4. The molecule has 0 aromatic heterocycles. The van der Waals surface area contributed by atoms with E-state index in [9.17, 15) is 4.21 Å². The highest BCUT2D eigenvalue weighted by Crippen LogP contribution is 2.17. The first-order valence-electron chi connectivity index (χ1n) is 8.71. The second-order valence-electron chi connectivity index (χ2n) is 6.17. The Balaban J connectivity index is 1.36. The van der Waals surface area contributed by atoms with Crippen molar-refractivity contribution in [1.29, 1.82) is 0 Å². The first kappa shape index (κ1) is 17.5. The number of rotatable bonds is 8. The van der Waals surface area contributed by atoms with E-state index in [4.69, 9.17) is 4.74 Å². The van der Waals surface area contributed by atoms with Gasteiger partial charge in [-0.2, -0.15) is 4.40 Å². The SMILES string of the molecule is O=S1N=CCN1NCCCOc1cccc(CN2CCCCC2)c1. The fourth-order valence-corrected chi connectivity index (χ4v) is 3.69. The van der Waals surface area contributed by atoms with Crippen molar-refractivity contribution < 1.29 is 8.95 Å². The molecule has 1 fully saturated rings. The zero-order valence-corrected chi connectivity index (χ0v) is 14.8. The number of piperidine rings is 1. The number of ether oxygens (including phenoxy) is 1. The fraction of sp³-hybridized carbons (Fsp3) is 0.588. The van der Waals surface area contributed by atoms with E-state index in [1.807, 2.05) is 6.07 Å². The van der Waals surface area contributed by atoms with Crippen molar-refractivity contribution in [3.63, 3.8) is 0 Å². The first-order valence-corrected chi connectivity index (χ1v) is 9.77. The molecule has 0 bridgehead atoms. The number of likely N-dealkylation sites (tertiary alicyclic amines) is 1. The highest BCUT2D eigenvalue weighted by Gasteiger charge is 2.14. The highest BCUT2D eigenvalue weighted by atomic mass is 32.2. The summed E-state index contributed by atoms with van der Waals surface area (Å²) in [5, 5.41) is 0. The normalized spacial score (nSPS) is 22.1. The summed E-state index contributed by atoms with van der Waals surface area (Å²) in [4.78, 5) is 2.52. The van der Waals surface area contributed by atoms with Crippen molar-refractivity contribution in [3.05, 3.63) is 29.8 Å². The van der Waals surface area contributed by atoms with Crippen LogP contribution in [0.2, 0.25) is 0 Å². The molecule has 6 nitrogen and oxygen atoms in total. The minimum Gasteiger partial charge on any atom is -0.494 e. The Morgan fingerprint density at radius 1 is 1.25 bits per heavy atom. The summed E-state index contributed by atoms with van der Waals surface area (Å²) in [5.41, 5.74) is 4.42. The van der Waals surface area contributed by atoms with Crippen LogP contribution in [0.15, 0.2) is 28.7 Å². The zero-order valence-electron chi connectivity index (χ0n) is 14.0. The molecule has 132 valence electrons. The average molecular weight is 350 g/mol. The largest absolute Gasteiger partial charge is 0.494 e. The van der Waals surface area contributed by atoms with Gasteiger partial charge >= 0.3 is 0 Å². The topological polar surface area (TPSA) is 57.2 Å². The molecule has 0 aliphatic carbocycles. The van der Waals surface area contributed by atoms with Crippen molar-refractivity contribution in [2.75, 3.05) is 32.8 Å². The minimum absolute atomic E-state index is 0.589. The molecule has 0 radical (unpaired) electrons. The lowest BCUT2D eigenvalue weighted by Crippen LogP contribution is -2.37. The van der Waals surface area contributed by atoms with Crippen LogP contribution in [0.3, 0.4) is 0 Å². The summed E-state index contributed by atoms with van der Waals surface area (Å²) in [5.74, 6) is 0.928. The van der Waals surface area contributed by atoms with Gasteiger partial charge in [-0.15, -0.1) is 4.41 Å². The number of hydrazine groups is 1. The van der Waals surface area contributed by atoms with Crippen LogP contribution in [0.4, 0.5) is 0 Å². The Morgan fingerprint density at radius 2 is 2.12 bits per heavy atom. The van der Waals surface area contributed by atoms with Crippen LogP contribution in [-0.4, -0.2) is 52.5 Å². The Labute approximate surface area is 146 Å². The second kappa shape index (κ2) is 9.27. The predicted octanol–water partition coefficient (Wildman–Crippen LogP) is 1.91. The van der Waals surface area contributed by atoms with Gasteiger partial charge in [-0.25, -0.2) is 9.63 Å². The van der Waals surface area contributed by atoms with E-state index in [2.05, 4.69) is 32.9 Å². The van der Waals surface area contributed by atoms with Gasteiger partial charge in [-0.3, -0.25) is 4.90 Å². The Morgan fingerprint density at radius 3 is 2.92 bits per heavy atom. The summed E-state index contributed by atoms with van der Waals surface area (Å²) in [6.45, 7) is 5.38. The van der Waals surface area contributed by atoms with E-state index >= 15 is 0 Å². The molecule has 2 aliphatic rings. The van der Waals surface area contributed by atoms with Crippen LogP contribution in [0, 0.1) is 0 Å². The lowest BCUT2D eigenvalue weighted by molar-refractivity contribution is 0.220. The van der Waals surface area contributed by atoms with E-state index < -0.39 is 11.2 Å². The summed E-state index contributed by atoms with van der Waals surface area (Å²) in [6.07, 6.45) is 6.51. The standard InChI is InChI=1S/C17H26N4O2S/c22-24-19-9-12-21(24)18-8-5-13-23-17-7-4-6-16(14-17)15-20-10-2-1-3-11-20/h4,6-7,9,14,18H,1-3,5,8,10-13,15H2. The maximum absolute atomic E-state index is 11.4. The molecule has 1 N–H and O–H groups in total. The van der Waals surface area contributed by atoms with E-state index in [-0.39, 0.29) is 0 Å². The number of hydrogen-bond donors (Lipinski definition) is 1. The van der Waals surface area contributed by atoms with Crippen molar-refractivity contribution in [2.24, 2.45) is 4.40 Å². The van der Waals surface area contributed by atoms with Gasteiger partial charge in [0.15, 0.2) is 0 Å². The van der Waals surface area contributed by atoms with Gasteiger partial charge in [0, 0.05) is 19.3 Å². The molecular weight excluding hydrogens is 324 g/mol. The lowest BCUT2D eigenvalue weighted by Gasteiger charge is -2.26. The molecule has 1 aromatic carbocycles. The monoisotopic (exact) mass is 350 g/mol. The lowest BCUT2D eigenvalue weighted by atomic mass is 10.1. The Kier molecular flexibility index (Phi) is 6.77. The van der Waals surface area contributed by atoms with Crippen molar-refractivity contribution in [1.82, 2.24) is 14.7 Å². The van der Waals surface area contributed by atoms with Crippen molar-refractivity contribution in [3.8, 4) is 5.75 Å². The molecule has 1 saturated heterocycles. The molecule has 24 heavy (non-hydrogen) atoms. The third-order valence-electron chi connectivity index (χ3n) is 4.23. The highest BCUT2D eigenvalue weighted by molar-refractivity contribution is 7.81. The van der Waals surface area contributed by atoms with Gasteiger partial charge in [-0.1, -0.05) is 18.6 Å². The second-order valence-corrected chi connectivity index (χ2v) is 7.29. The summed E-state index contributed by atoms with van der Waals surface area (Å²) in [7, 11) is 0. The molecule has 1 aromatic rings. The van der Waals surface area contributed by atoms with Crippen LogP contribution >= 0.6 is 0 Å². The van der Waals surface area contributed by atoms with Gasteiger partial charge in [-0.05, 0) is 50.0 Å². The molecule has 2 aliphatic heterocycles. The number of nitrogens with zero attached hydrogens (tertiary/aromatic N) is 3. The molecule has 0 amide bonds. The fourth-order valence-electron chi connectivity index (χ4n) is 2.99. The Hall–Kier alpha value is -1.28. The predicted molar refractivity (Wildman–Crippen MR) is 97.0 cm³/mol. The van der Waals surface area contributed by atoms with Gasteiger partial charge in [0.2, 0.25) is 11.2 Å². The molecule has 7 heteroatoms. The molecular formula is C17H26N4O2S. The Bertz CT molecular complexity index is 575. The average Bonchev–Trinajstić information content (AvgIpc) is 3.01. The van der Waals surface area contributed by atoms with Gasteiger partial charge in [0.25, 0.3) is 0 Å². The summed E-state index contributed by atoms with van der Waals surface area (Å²) < 4.78 is 22.7. The van der Waals surface area contributed by atoms with Gasteiger partial charge < -0.3 is 4.74 Å². The van der Waals surface area contributed by atoms with Crippen LogP contribution in [0.5, 0.6) is 5.75 Å². The van der Waals surface area contributed by atoms with Gasteiger partial charge in [0.05, 0.1) is 13.2 Å². The first-order chi connectivity index (χ1) is 11.8. The van der Waals surface area contributed by atoms with Crippen LogP contribution < -0.4 is 10.2 Å². The molecule has 1 atom stereocenters. The number of nitrogens with one attached hydrogen (secondary N) is 1. The van der Waals surface area contributed by atoms with Crippen LogP contribution in [0.25, 0.3) is 0 Å². The minimum atomic E-state index is -1.26. The van der Waals surface area contributed by atoms with E-state index in [1.165, 1.54) is 37.9 Å². The van der Waals surface area contributed by atoms with Crippen molar-refractivity contribution in [2.45, 2.75) is 32.2 Å². The summed E-state index contributed by atoms with van der Waals surface area (Å²) in [6, 6.07) is 8.39. The third-order valence-corrected chi connectivity index (χ3v) is 5.22. The van der Waals surface area contributed by atoms with E-state index in [0.29, 0.717) is 13.2 Å².